The Morgan fingerprint density at radius 1 is 1.10 bits per heavy atom. The minimum absolute atomic E-state index is 0.228. The second-order valence-electron chi connectivity index (χ2n) is 4.24. The monoisotopic (exact) mass is 299 g/mol. The molecule has 0 atom stereocenters. The minimum atomic E-state index is -0.679. The summed E-state index contributed by atoms with van der Waals surface area (Å²) in [6.07, 6.45) is 3.00. The van der Waals surface area contributed by atoms with E-state index in [1.165, 1.54) is 12.3 Å². The van der Waals surface area contributed by atoms with E-state index in [0.29, 0.717) is 5.69 Å². The number of hydrogen-bond donors (Lipinski definition) is 1. The van der Waals surface area contributed by atoms with Crippen LogP contribution in [0.1, 0.15) is 10.4 Å². The van der Waals surface area contributed by atoms with Gasteiger partial charge in [-0.05, 0) is 30.3 Å². The summed E-state index contributed by atoms with van der Waals surface area (Å²) < 4.78 is 13.0. The van der Waals surface area contributed by atoms with Crippen LogP contribution >= 0.6 is 11.3 Å². The van der Waals surface area contributed by atoms with E-state index in [1.807, 2.05) is 17.5 Å². The number of pyridine rings is 1. The minimum Gasteiger partial charge on any atom is -0.322 e. The van der Waals surface area contributed by atoms with Gasteiger partial charge in [-0.25, -0.2) is 9.97 Å². The number of amides is 1. The lowest BCUT2D eigenvalue weighted by atomic mass is 10.2. The summed E-state index contributed by atoms with van der Waals surface area (Å²) in [5, 5.41) is 5.53. The topological polar surface area (TPSA) is 54.9 Å². The van der Waals surface area contributed by atoms with Gasteiger partial charge < -0.3 is 5.32 Å². The molecule has 2 aromatic heterocycles. The molecule has 0 radical (unpaired) electrons. The van der Waals surface area contributed by atoms with Crippen LogP contribution in [0.3, 0.4) is 0 Å². The molecule has 1 aromatic carbocycles. The Labute approximate surface area is 124 Å². The third-order valence-corrected chi connectivity index (χ3v) is 3.63. The molecule has 21 heavy (non-hydrogen) atoms. The van der Waals surface area contributed by atoms with E-state index in [-0.39, 0.29) is 11.5 Å². The zero-order chi connectivity index (χ0) is 14.7. The highest BCUT2D eigenvalue weighted by molar-refractivity contribution is 7.13. The Bertz CT molecular complexity index is 757. The third kappa shape index (κ3) is 3.11. The maximum atomic E-state index is 13.0. The molecule has 4 nitrogen and oxygen atoms in total. The van der Waals surface area contributed by atoms with E-state index in [1.54, 1.807) is 29.7 Å². The number of carbonyl (C=O) groups is 1. The fourth-order valence-electron chi connectivity index (χ4n) is 1.81. The average Bonchev–Trinajstić information content (AvgIpc) is 3.02. The molecular weight excluding hydrogens is 289 g/mol. The summed E-state index contributed by atoms with van der Waals surface area (Å²) in [7, 11) is 0. The number of halogens is 1. The summed E-state index contributed by atoms with van der Waals surface area (Å²) in [4.78, 5) is 19.6. The molecule has 0 spiro atoms. The van der Waals surface area contributed by atoms with E-state index in [9.17, 15) is 9.18 Å². The average molecular weight is 299 g/mol. The van der Waals surface area contributed by atoms with E-state index >= 15 is 0 Å². The maximum absolute atomic E-state index is 13.0. The van der Waals surface area contributed by atoms with Gasteiger partial charge in [-0.15, -0.1) is 11.3 Å². The van der Waals surface area contributed by atoms with Crippen molar-refractivity contribution in [3.8, 4) is 10.6 Å². The molecule has 1 N–H and O–H groups in total. The van der Waals surface area contributed by atoms with Gasteiger partial charge in [-0.3, -0.25) is 4.79 Å². The molecule has 0 saturated heterocycles. The summed E-state index contributed by atoms with van der Waals surface area (Å²) in [5.41, 5.74) is 1.85. The first-order valence-electron chi connectivity index (χ1n) is 6.15. The molecule has 1 amide bonds. The number of benzene rings is 1. The quantitative estimate of drug-likeness (QED) is 0.752. The molecule has 6 heteroatoms. The number of anilines is 1. The lowest BCUT2D eigenvalue weighted by Gasteiger charge is -2.05. The van der Waals surface area contributed by atoms with Crippen LogP contribution in [0, 0.1) is 5.95 Å². The molecule has 104 valence electrons. The van der Waals surface area contributed by atoms with Gasteiger partial charge in [-0.1, -0.05) is 0 Å². The maximum Gasteiger partial charge on any atom is 0.255 e. The first-order valence-corrected chi connectivity index (χ1v) is 7.03. The highest BCUT2D eigenvalue weighted by atomic mass is 32.1. The summed E-state index contributed by atoms with van der Waals surface area (Å²) >= 11 is 1.55. The second-order valence-corrected chi connectivity index (χ2v) is 5.13. The number of aromatic nitrogens is 2. The van der Waals surface area contributed by atoms with Crippen molar-refractivity contribution < 1.29 is 9.18 Å². The van der Waals surface area contributed by atoms with Gasteiger partial charge in [0.2, 0.25) is 5.95 Å². The van der Waals surface area contributed by atoms with Gasteiger partial charge in [-0.2, -0.15) is 4.39 Å². The van der Waals surface area contributed by atoms with Gasteiger partial charge in [0, 0.05) is 40.7 Å². The van der Waals surface area contributed by atoms with Crippen molar-refractivity contribution in [1.29, 1.82) is 0 Å². The van der Waals surface area contributed by atoms with Crippen LogP contribution in [0.4, 0.5) is 10.1 Å². The van der Waals surface area contributed by atoms with Crippen LogP contribution in [-0.4, -0.2) is 15.9 Å². The lowest BCUT2D eigenvalue weighted by molar-refractivity contribution is 0.102. The number of carbonyl (C=O) groups excluding carboxylic acids is 1. The first kappa shape index (κ1) is 13.4. The lowest BCUT2D eigenvalue weighted by Crippen LogP contribution is -2.12. The zero-order valence-corrected chi connectivity index (χ0v) is 11.6. The van der Waals surface area contributed by atoms with E-state index in [2.05, 4.69) is 15.3 Å². The molecule has 0 aliphatic rings. The predicted molar refractivity (Wildman–Crippen MR) is 79.7 cm³/mol. The Hall–Kier alpha value is -2.60. The second kappa shape index (κ2) is 5.80. The van der Waals surface area contributed by atoms with Crippen molar-refractivity contribution in [2.45, 2.75) is 0 Å². The molecular formula is C15H10FN3OS. The van der Waals surface area contributed by atoms with Gasteiger partial charge >= 0.3 is 0 Å². The van der Waals surface area contributed by atoms with Gasteiger partial charge in [0.25, 0.3) is 5.91 Å². The molecule has 2 heterocycles. The normalized spacial score (nSPS) is 10.3. The number of thiazole rings is 1. The van der Waals surface area contributed by atoms with E-state index in [4.69, 9.17) is 0 Å². The Kier molecular flexibility index (Phi) is 3.70. The molecule has 0 aliphatic heterocycles. The van der Waals surface area contributed by atoms with Crippen molar-refractivity contribution in [2.75, 3.05) is 5.32 Å². The molecule has 0 bridgehead atoms. The Balaban J connectivity index is 1.75. The van der Waals surface area contributed by atoms with E-state index < -0.39 is 5.95 Å². The summed E-state index contributed by atoms with van der Waals surface area (Å²) in [5.74, 6) is -1.06. The van der Waals surface area contributed by atoms with Gasteiger partial charge in [0.15, 0.2) is 0 Å². The number of nitrogens with one attached hydrogen (secondary N) is 1. The van der Waals surface area contributed by atoms with Gasteiger partial charge in [0.05, 0.1) is 0 Å². The summed E-state index contributed by atoms with van der Waals surface area (Å²) in [6.45, 7) is 0. The first-order chi connectivity index (χ1) is 10.2. The van der Waals surface area contributed by atoms with Crippen molar-refractivity contribution in [3.05, 3.63) is 65.7 Å². The van der Waals surface area contributed by atoms with Crippen molar-refractivity contribution in [3.63, 3.8) is 0 Å². The standard InChI is InChI=1S/C15H10FN3OS/c16-13-9-11(5-6-17-13)14(20)19-12-3-1-10(2-4-12)15-18-7-8-21-15/h1-9H,(H,19,20). The highest BCUT2D eigenvalue weighted by Crippen LogP contribution is 2.23. The smallest absolute Gasteiger partial charge is 0.255 e. The van der Waals surface area contributed by atoms with Crippen LogP contribution in [-0.2, 0) is 0 Å². The Morgan fingerprint density at radius 3 is 2.57 bits per heavy atom. The van der Waals surface area contributed by atoms with Crippen LogP contribution in [0.2, 0.25) is 0 Å². The predicted octanol–water partition coefficient (Wildman–Crippen LogP) is 3.60. The highest BCUT2D eigenvalue weighted by Gasteiger charge is 2.08. The number of hydrogen-bond acceptors (Lipinski definition) is 4. The Morgan fingerprint density at radius 2 is 1.90 bits per heavy atom. The third-order valence-electron chi connectivity index (χ3n) is 2.81. The van der Waals surface area contributed by atoms with Crippen LogP contribution in [0.15, 0.2) is 54.2 Å². The number of nitrogens with zero attached hydrogens (tertiary/aromatic N) is 2. The fraction of sp³-hybridized carbons (Fsp3) is 0. The molecule has 0 saturated carbocycles. The SMILES string of the molecule is O=C(Nc1ccc(-c2nccs2)cc1)c1ccnc(F)c1. The van der Waals surface area contributed by atoms with Gasteiger partial charge in [0.1, 0.15) is 5.01 Å². The zero-order valence-electron chi connectivity index (χ0n) is 10.8. The fourth-order valence-corrected chi connectivity index (χ4v) is 2.45. The molecule has 3 aromatic rings. The van der Waals surface area contributed by atoms with Crippen molar-refractivity contribution in [2.24, 2.45) is 0 Å². The number of rotatable bonds is 3. The van der Waals surface area contributed by atoms with Crippen molar-refractivity contribution >= 4 is 22.9 Å². The molecule has 3 rings (SSSR count). The molecule has 0 aliphatic carbocycles. The summed E-state index contributed by atoms with van der Waals surface area (Å²) in [6, 6.07) is 9.88. The van der Waals surface area contributed by atoms with Crippen LogP contribution in [0.5, 0.6) is 0 Å². The van der Waals surface area contributed by atoms with E-state index in [0.717, 1.165) is 16.6 Å². The largest absolute Gasteiger partial charge is 0.322 e. The molecule has 0 fully saturated rings. The van der Waals surface area contributed by atoms with Crippen molar-refractivity contribution in [1.82, 2.24) is 9.97 Å². The van der Waals surface area contributed by atoms with Crippen LogP contribution in [0.25, 0.3) is 10.6 Å². The molecule has 0 unspecified atom stereocenters. The van der Waals surface area contributed by atoms with Crippen LogP contribution < -0.4 is 5.32 Å².